The molecule has 0 radical (unpaired) electrons. The van der Waals surface area contributed by atoms with Gasteiger partial charge in [0.15, 0.2) is 5.96 Å². The zero-order valence-corrected chi connectivity index (χ0v) is 17.6. The number of nitrogens with zero attached hydrogens (tertiary/aromatic N) is 2. The van der Waals surface area contributed by atoms with Gasteiger partial charge < -0.3 is 10.6 Å². The number of hydrogen-bond donors (Lipinski definition) is 2. The average molecular weight is 444 g/mol. The van der Waals surface area contributed by atoms with Gasteiger partial charge in [0, 0.05) is 31.5 Å². The molecule has 1 heterocycles. The summed E-state index contributed by atoms with van der Waals surface area (Å²) in [4.78, 5) is 8.88. The van der Waals surface area contributed by atoms with E-state index in [9.17, 15) is 0 Å². The van der Waals surface area contributed by atoms with Crippen LogP contribution in [-0.4, -0.2) is 30.1 Å². The third-order valence-corrected chi connectivity index (χ3v) is 4.79. The Labute approximate surface area is 164 Å². The molecule has 136 valence electrons. The molecule has 0 unspecified atom stereocenters. The van der Waals surface area contributed by atoms with E-state index in [4.69, 9.17) is 4.99 Å². The second-order valence-electron chi connectivity index (χ2n) is 6.87. The van der Waals surface area contributed by atoms with E-state index in [1.165, 1.54) is 31.2 Å². The molecule has 24 heavy (non-hydrogen) atoms. The highest BCUT2D eigenvalue weighted by Crippen LogP contribution is 2.29. The van der Waals surface area contributed by atoms with Gasteiger partial charge in [-0.3, -0.25) is 9.98 Å². The summed E-state index contributed by atoms with van der Waals surface area (Å²) in [6.45, 7) is 8.52. The van der Waals surface area contributed by atoms with E-state index in [0.29, 0.717) is 6.04 Å². The summed E-state index contributed by atoms with van der Waals surface area (Å²) in [6, 6.07) is 4.66. The largest absolute Gasteiger partial charge is 0.357 e. The third kappa shape index (κ3) is 7.36. The summed E-state index contributed by atoms with van der Waals surface area (Å²) >= 11 is 0. The van der Waals surface area contributed by atoms with Gasteiger partial charge in [-0.1, -0.05) is 19.9 Å². The Kier molecular flexibility index (Phi) is 10.3. The van der Waals surface area contributed by atoms with Crippen molar-refractivity contribution in [2.45, 2.75) is 58.9 Å². The molecule has 5 heteroatoms. The van der Waals surface area contributed by atoms with Crippen LogP contribution in [0, 0.1) is 11.8 Å². The fourth-order valence-electron chi connectivity index (χ4n) is 3.29. The lowest BCUT2D eigenvalue weighted by Crippen LogP contribution is -2.45. The number of pyridine rings is 1. The first-order chi connectivity index (χ1) is 11.2. The molecular weight excluding hydrogens is 411 g/mol. The normalized spacial score (nSPS) is 21.2. The zero-order valence-electron chi connectivity index (χ0n) is 15.3. The molecular formula is C19H33IN4. The molecule has 1 aliphatic carbocycles. The number of nitrogens with one attached hydrogen (secondary N) is 2. The molecule has 1 saturated carbocycles. The Morgan fingerprint density at radius 3 is 2.62 bits per heavy atom. The van der Waals surface area contributed by atoms with Gasteiger partial charge in [-0.05, 0) is 62.5 Å². The third-order valence-electron chi connectivity index (χ3n) is 4.79. The van der Waals surface area contributed by atoms with Crippen molar-refractivity contribution >= 4 is 29.9 Å². The topological polar surface area (TPSA) is 49.3 Å². The van der Waals surface area contributed by atoms with Crippen LogP contribution in [0.5, 0.6) is 0 Å². The summed E-state index contributed by atoms with van der Waals surface area (Å²) in [5.74, 6) is 2.68. The molecule has 0 aromatic carbocycles. The first-order valence-corrected chi connectivity index (χ1v) is 9.12. The lowest BCUT2D eigenvalue weighted by atomic mass is 9.80. The van der Waals surface area contributed by atoms with Crippen molar-refractivity contribution in [1.29, 1.82) is 0 Å². The van der Waals surface area contributed by atoms with Crippen molar-refractivity contribution in [2.75, 3.05) is 13.1 Å². The molecule has 0 amide bonds. The second-order valence-corrected chi connectivity index (χ2v) is 6.87. The number of halogens is 1. The van der Waals surface area contributed by atoms with Crippen LogP contribution in [0.2, 0.25) is 0 Å². The molecule has 0 saturated heterocycles. The Bertz CT molecular complexity index is 468. The standard InChI is InChI=1S/C19H32N4.HI/c1-4-21-19(22-13-11-16-6-5-12-20-14-16)23-18-9-7-17(8-10-18)15(2)3;/h5-6,12,14-15,17-18H,4,7-11,13H2,1-3H3,(H2,21,22,23);1H. The van der Waals surface area contributed by atoms with E-state index in [0.717, 1.165) is 37.3 Å². The fourth-order valence-corrected chi connectivity index (χ4v) is 3.29. The monoisotopic (exact) mass is 444 g/mol. The zero-order chi connectivity index (χ0) is 16.5. The highest BCUT2D eigenvalue weighted by molar-refractivity contribution is 14.0. The molecule has 2 rings (SSSR count). The van der Waals surface area contributed by atoms with E-state index in [-0.39, 0.29) is 24.0 Å². The summed E-state index contributed by atoms with van der Waals surface area (Å²) in [5.41, 5.74) is 1.24. The van der Waals surface area contributed by atoms with Gasteiger partial charge in [0.2, 0.25) is 0 Å². The second kappa shape index (κ2) is 11.7. The first-order valence-electron chi connectivity index (χ1n) is 9.12. The summed E-state index contributed by atoms with van der Waals surface area (Å²) in [5, 5.41) is 7.00. The van der Waals surface area contributed by atoms with Crippen LogP contribution in [0.15, 0.2) is 29.5 Å². The minimum Gasteiger partial charge on any atom is -0.357 e. The van der Waals surface area contributed by atoms with Gasteiger partial charge in [0.05, 0.1) is 0 Å². The Hall–Kier alpha value is -0.850. The molecule has 0 bridgehead atoms. The molecule has 1 aliphatic rings. The van der Waals surface area contributed by atoms with Gasteiger partial charge in [-0.2, -0.15) is 0 Å². The maximum atomic E-state index is 4.72. The molecule has 1 fully saturated rings. The predicted octanol–water partition coefficient (Wildman–Crippen LogP) is 4.01. The maximum Gasteiger partial charge on any atom is 0.191 e. The summed E-state index contributed by atoms with van der Waals surface area (Å²) in [7, 11) is 0. The molecule has 4 nitrogen and oxygen atoms in total. The Balaban J connectivity index is 0.00000288. The van der Waals surface area contributed by atoms with Crippen LogP contribution in [-0.2, 0) is 6.42 Å². The van der Waals surface area contributed by atoms with E-state index in [1.54, 1.807) is 0 Å². The average Bonchev–Trinajstić information content (AvgIpc) is 2.56. The maximum absolute atomic E-state index is 4.72. The molecule has 1 aromatic rings. The molecule has 0 spiro atoms. The molecule has 0 aliphatic heterocycles. The van der Waals surface area contributed by atoms with E-state index in [2.05, 4.69) is 42.5 Å². The number of aliphatic imine (C=N–C) groups is 1. The van der Waals surface area contributed by atoms with Crippen LogP contribution >= 0.6 is 24.0 Å². The Morgan fingerprint density at radius 1 is 1.29 bits per heavy atom. The highest BCUT2D eigenvalue weighted by Gasteiger charge is 2.23. The van der Waals surface area contributed by atoms with Crippen LogP contribution in [0.25, 0.3) is 0 Å². The van der Waals surface area contributed by atoms with Gasteiger partial charge in [0.1, 0.15) is 0 Å². The van der Waals surface area contributed by atoms with Crippen molar-refractivity contribution in [2.24, 2.45) is 16.8 Å². The van der Waals surface area contributed by atoms with Crippen molar-refractivity contribution in [3.8, 4) is 0 Å². The van der Waals surface area contributed by atoms with E-state index in [1.807, 2.05) is 18.5 Å². The molecule has 0 atom stereocenters. The Morgan fingerprint density at radius 2 is 2.04 bits per heavy atom. The van der Waals surface area contributed by atoms with Crippen molar-refractivity contribution < 1.29 is 0 Å². The van der Waals surface area contributed by atoms with Crippen LogP contribution < -0.4 is 10.6 Å². The van der Waals surface area contributed by atoms with Crippen LogP contribution in [0.1, 0.15) is 52.0 Å². The smallest absolute Gasteiger partial charge is 0.191 e. The van der Waals surface area contributed by atoms with Crippen molar-refractivity contribution in [3.63, 3.8) is 0 Å². The van der Waals surface area contributed by atoms with Crippen LogP contribution in [0.4, 0.5) is 0 Å². The number of hydrogen-bond acceptors (Lipinski definition) is 2. The SMILES string of the molecule is CCNC(=NCCc1cccnc1)NC1CCC(C(C)C)CC1.I. The number of guanidine groups is 1. The van der Waals surface area contributed by atoms with Crippen molar-refractivity contribution in [1.82, 2.24) is 15.6 Å². The molecule has 2 N–H and O–H groups in total. The fraction of sp³-hybridized carbons (Fsp3) is 0.684. The van der Waals surface area contributed by atoms with Gasteiger partial charge in [-0.15, -0.1) is 24.0 Å². The lowest BCUT2D eigenvalue weighted by molar-refractivity contribution is 0.250. The summed E-state index contributed by atoms with van der Waals surface area (Å²) < 4.78 is 0. The minimum absolute atomic E-state index is 0. The molecule has 1 aromatic heterocycles. The highest BCUT2D eigenvalue weighted by atomic mass is 127. The van der Waals surface area contributed by atoms with E-state index >= 15 is 0 Å². The summed E-state index contributed by atoms with van der Waals surface area (Å²) in [6.07, 6.45) is 9.86. The quantitative estimate of drug-likeness (QED) is 0.396. The van der Waals surface area contributed by atoms with Crippen LogP contribution in [0.3, 0.4) is 0 Å². The van der Waals surface area contributed by atoms with Gasteiger partial charge >= 0.3 is 0 Å². The van der Waals surface area contributed by atoms with Gasteiger partial charge in [0.25, 0.3) is 0 Å². The number of aromatic nitrogens is 1. The predicted molar refractivity (Wildman–Crippen MR) is 113 cm³/mol. The number of rotatable bonds is 6. The van der Waals surface area contributed by atoms with E-state index < -0.39 is 0 Å². The minimum atomic E-state index is 0. The first kappa shape index (κ1) is 21.2. The lowest BCUT2D eigenvalue weighted by Gasteiger charge is -2.32. The van der Waals surface area contributed by atoms with Crippen molar-refractivity contribution in [3.05, 3.63) is 30.1 Å². The van der Waals surface area contributed by atoms with Gasteiger partial charge in [-0.25, -0.2) is 0 Å².